The molecule has 1 aromatic rings. The van der Waals surface area contributed by atoms with E-state index in [0.29, 0.717) is 11.4 Å². The van der Waals surface area contributed by atoms with Crippen LogP contribution in [0.4, 0.5) is 16.2 Å². The van der Waals surface area contributed by atoms with Crippen molar-refractivity contribution < 1.29 is 9.53 Å². The monoisotopic (exact) mass is 208 g/mol. The summed E-state index contributed by atoms with van der Waals surface area (Å²) < 4.78 is 4.96. The standard InChI is InChI=1S/C11H16N2O2/c1-7(2)15-11(14)13-10-8(3)5-4-6-9(10)12/h4-7H,12H2,1-3H3,(H,13,14). The van der Waals surface area contributed by atoms with Gasteiger partial charge in [-0.15, -0.1) is 0 Å². The van der Waals surface area contributed by atoms with Gasteiger partial charge in [-0.2, -0.15) is 0 Å². The molecule has 0 bridgehead atoms. The van der Waals surface area contributed by atoms with Crippen LogP contribution in [0.15, 0.2) is 18.2 Å². The van der Waals surface area contributed by atoms with Crippen LogP contribution < -0.4 is 11.1 Å². The van der Waals surface area contributed by atoms with E-state index in [1.807, 2.05) is 19.1 Å². The number of carbonyl (C=O) groups excluding carboxylic acids is 1. The van der Waals surface area contributed by atoms with E-state index in [0.717, 1.165) is 5.56 Å². The lowest BCUT2D eigenvalue weighted by molar-refractivity contribution is 0.130. The second-order valence-electron chi connectivity index (χ2n) is 3.62. The zero-order valence-electron chi connectivity index (χ0n) is 9.20. The first-order valence-electron chi connectivity index (χ1n) is 4.83. The lowest BCUT2D eigenvalue weighted by Crippen LogP contribution is -2.19. The fraction of sp³-hybridized carbons (Fsp3) is 0.364. The molecule has 0 atom stereocenters. The van der Waals surface area contributed by atoms with Crippen molar-refractivity contribution in [1.29, 1.82) is 0 Å². The summed E-state index contributed by atoms with van der Waals surface area (Å²) in [4.78, 5) is 11.3. The predicted octanol–water partition coefficient (Wildman–Crippen LogP) is 2.53. The van der Waals surface area contributed by atoms with Crippen molar-refractivity contribution in [2.24, 2.45) is 0 Å². The molecule has 1 aromatic carbocycles. The molecule has 0 unspecified atom stereocenters. The summed E-state index contributed by atoms with van der Waals surface area (Å²) in [6.07, 6.45) is -0.624. The first-order chi connectivity index (χ1) is 7.00. The average molecular weight is 208 g/mol. The Morgan fingerprint density at radius 3 is 2.67 bits per heavy atom. The maximum atomic E-state index is 11.3. The van der Waals surface area contributed by atoms with Crippen molar-refractivity contribution >= 4 is 17.5 Å². The van der Waals surface area contributed by atoms with Crippen molar-refractivity contribution in [3.8, 4) is 0 Å². The number of hydrogen-bond acceptors (Lipinski definition) is 3. The Morgan fingerprint density at radius 2 is 2.13 bits per heavy atom. The summed E-state index contributed by atoms with van der Waals surface area (Å²) in [5.74, 6) is 0. The largest absolute Gasteiger partial charge is 0.447 e. The van der Waals surface area contributed by atoms with E-state index in [1.54, 1.807) is 19.9 Å². The number of para-hydroxylation sites is 1. The molecule has 0 spiro atoms. The second kappa shape index (κ2) is 4.68. The molecule has 4 nitrogen and oxygen atoms in total. The van der Waals surface area contributed by atoms with Gasteiger partial charge in [0.1, 0.15) is 0 Å². The number of nitrogens with two attached hydrogens (primary N) is 1. The molecular weight excluding hydrogens is 192 g/mol. The molecule has 1 amide bonds. The van der Waals surface area contributed by atoms with Crippen molar-refractivity contribution in [3.05, 3.63) is 23.8 Å². The van der Waals surface area contributed by atoms with Gasteiger partial charge in [0.25, 0.3) is 0 Å². The Balaban J connectivity index is 2.76. The van der Waals surface area contributed by atoms with Crippen LogP contribution in [0.3, 0.4) is 0 Å². The van der Waals surface area contributed by atoms with Crippen LogP contribution in [-0.2, 0) is 4.74 Å². The van der Waals surface area contributed by atoms with Gasteiger partial charge in [0, 0.05) is 0 Å². The van der Waals surface area contributed by atoms with Crippen molar-refractivity contribution in [2.75, 3.05) is 11.1 Å². The smallest absolute Gasteiger partial charge is 0.411 e. The van der Waals surface area contributed by atoms with Gasteiger partial charge in [0.05, 0.1) is 17.5 Å². The molecule has 0 heterocycles. The molecule has 82 valence electrons. The Bertz CT molecular complexity index is 341. The highest BCUT2D eigenvalue weighted by Gasteiger charge is 2.09. The van der Waals surface area contributed by atoms with Crippen LogP contribution in [0.1, 0.15) is 19.4 Å². The molecule has 0 aliphatic carbocycles. The van der Waals surface area contributed by atoms with Crippen LogP contribution in [-0.4, -0.2) is 12.2 Å². The fourth-order valence-corrected chi connectivity index (χ4v) is 1.21. The Hall–Kier alpha value is -1.71. The zero-order valence-corrected chi connectivity index (χ0v) is 9.20. The summed E-state index contributed by atoms with van der Waals surface area (Å²) in [5.41, 5.74) is 7.79. The minimum atomic E-state index is -0.481. The van der Waals surface area contributed by atoms with E-state index in [2.05, 4.69) is 5.32 Å². The normalized spacial score (nSPS) is 10.1. The Kier molecular flexibility index (Phi) is 3.55. The van der Waals surface area contributed by atoms with Crippen LogP contribution >= 0.6 is 0 Å². The molecule has 0 radical (unpaired) electrons. The highest BCUT2D eigenvalue weighted by Crippen LogP contribution is 2.22. The van der Waals surface area contributed by atoms with E-state index < -0.39 is 6.09 Å². The first-order valence-corrected chi connectivity index (χ1v) is 4.83. The molecule has 0 aliphatic rings. The molecule has 0 saturated heterocycles. The predicted molar refractivity (Wildman–Crippen MR) is 60.8 cm³/mol. The van der Waals surface area contributed by atoms with E-state index in [9.17, 15) is 4.79 Å². The lowest BCUT2D eigenvalue weighted by atomic mass is 10.2. The van der Waals surface area contributed by atoms with E-state index >= 15 is 0 Å². The molecule has 1 rings (SSSR count). The van der Waals surface area contributed by atoms with Gasteiger partial charge in [-0.05, 0) is 32.4 Å². The number of aryl methyl sites for hydroxylation is 1. The lowest BCUT2D eigenvalue weighted by Gasteiger charge is -2.12. The minimum absolute atomic E-state index is 0.143. The van der Waals surface area contributed by atoms with Gasteiger partial charge in [-0.3, -0.25) is 5.32 Å². The SMILES string of the molecule is Cc1cccc(N)c1NC(=O)OC(C)C. The fourth-order valence-electron chi connectivity index (χ4n) is 1.21. The van der Waals surface area contributed by atoms with Crippen LogP contribution in [0.2, 0.25) is 0 Å². The highest BCUT2D eigenvalue weighted by molar-refractivity contribution is 5.90. The quantitative estimate of drug-likeness (QED) is 0.734. The Labute approximate surface area is 89.4 Å². The number of hydrogen-bond donors (Lipinski definition) is 2. The number of nitrogen functional groups attached to an aromatic ring is 1. The van der Waals surface area contributed by atoms with Gasteiger partial charge in [0.15, 0.2) is 0 Å². The number of rotatable bonds is 2. The summed E-state index contributed by atoms with van der Waals surface area (Å²) in [7, 11) is 0. The molecule has 0 saturated carbocycles. The summed E-state index contributed by atoms with van der Waals surface area (Å²) in [5, 5.41) is 2.62. The van der Waals surface area contributed by atoms with Gasteiger partial charge in [0.2, 0.25) is 0 Å². The van der Waals surface area contributed by atoms with Gasteiger partial charge < -0.3 is 10.5 Å². The number of benzene rings is 1. The van der Waals surface area contributed by atoms with Gasteiger partial charge in [-0.1, -0.05) is 12.1 Å². The maximum Gasteiger partial charge on any atom is 0.411 e. The molecule has 15 heavy (non-hydrogen) atoms. The molecule has 4 heteroatoms. The van der Waals surface area contributed by atoms with Crippen LogP contribution in [0, 0.1) is 6.92 Å². The highest BCUT2D eigenvalue weighted by atomic mass is 16.6. The topological polar surface area (TPSA) is 64.3 Å². The molecular formula is C11H16N2O2. The molecule has 0 aliphatic heterocycles. The number of ether oxygens (including phenoxy) is 1. The third kappa shape index (κ3) is 3.16. The number of amides is 1. The number of nitrogens with one attached hydrogen (secondary N) is 1. The van der Waals surface area contributed by atoms with Gasteiger partial charge in [-0.25, -0.2) is 4.79 Å². The maximum absolute atomic E-state index is 11.3. The van der Waals surface area contributed by atoms with Crippen LogP contribution in [0.25, 0.3) is 0 Å². The van der Waals surface area contributed by atoms with Gasteiger partial charge >= 0.3 is 6.09 Å². The zero-order chi connectivity index (χ0) is 11.4. The van der Waals surface area contributed by atoms with Crippen molar-refractivity contribution in [2.45, 2.75) is 26.9 Å². The third-order valence-corrected chi connectivity index (χ3v) is 1.87. The van der Waals surface area contributed by atoms with Crippen molar-refractivity contribution in [3.63, 3.8) is 0 Å². The first kappa shape index (κ1) is 11.4. The van der Waals surface area contributed by atoms with E-state index in [1.165, 1.54) is 0 Å². The van der Waals surface area contributed by atoms with Crippen molar-refractivity contribution in [1.82, 2.24) is 0 Å². The molecule has 3 N–H and O–H groups in total. The molecule has 0 fully saturated rings. The third-order valence-electron chi connectivity index (χ3n) is 1.87. The average Bonchev–Trinajstić information content (AvgIpc) is 2.10. The summed E-state index contributed by atoms with van der Waals surface area (Å²) >= 11 is 0. The summed E-state index contributed by atoms with van der Waals surface area (Å²) in [6, 6.07) is 5.45. The van der Waals surface area contributed by atoms with Crippen LogP contribution in [0.5, 0.6) is 0 Å². The number of anilines is 2. The molecule has 0 aromatic heterocycles. The minimum Gasteiger partial charge on any atom is -0.447 e. The van der Waals surface area contributed by atoms with E-state index in [4.69, 9.17) is 10.5 Å². The number of carbonyl (C=O) groups is 1. The summed E-state index contributed by atoms with van der Waals surface area (Å²) in [6.45, 7) is 5.46. The Morgan fingerprint density at radius 1 is 1.47 bits per heavy atom. The van der Waals surface area contributed by atoms with E-state index in [-0.39, 0.29) is 6.10 Å². The second-order valence-corrected chi connectivity index (χ2v) is 3.62.